The Kier molecular flexibility index (Phi) is 4.35. The number of benzene rings is 3. The van der Waals surface area contributed by atoms with Crippen LogP contribution in [0.25, 0.3) is 27.6 Å². The van der Waals surface area contributed by atoms with Crippen molar-refractivity contribution in [3.8, 4) is 22.6 Å². The molecule has 0 saturated carbocycles. The summed E-state index contributed by atoms with van der Waals surface area (Å²) in [5, 5.41) is 1.78. The molecule has 0 aliphatic carbocycles. The molecule has 4 rings (SSSR count). The first kappa shape index (κ1) is 17.8. The van der Waals surface area contributed by atoms with Crippen molar-refractivity contribution in [2.45, 2.75) is 13.8 Å². The fraction of sp³-hybridized carbons (Fsp3) is 0.130. The number of H-pyrrole nitrogens is 1. The molecule has 1 aromatic heterocycles. The Morgan fingerprint density at radius 2 is 1.57 bits per heavy atom. The lowest BCUT2D eigenvalue weighted by Gasteiger charge is -2.16. The van der Waals surface area contributed by atoms with Gasteiger partial charge in [-0.25, -0.2) is 4.79 Å². The summed E-state index contributed by atoms with van der Waals surface area (Å²) in [4.78, 5) is 26.1. The summed E-state index contributed by atoms with van der Waals surface area (Å²) in [6.45, 7) is 4.00. The molecule has 1 N–H and O–H groups in total. The zero-order valence-electron chi connectivity index (χ0n) is 15.9. The van der Waals surface area contributed by atoms with E-state index < -0.39 is 11.2 Å². The predicted octanol–water partition coefficient (Wildman–Crippen LogP) is 3.97. The van der Waals surface area contributed by atoms with E-state index in [-0.39, 0.29) is 0 Å². The number of nitrogens with zero attached hydrogens (tertiary/aromatic N) is 1. The van der Waals surface area contributed by atoms with Crippen molar-refractivity contribution in [2.24, 2.45) is 0 Å². The average Bonchev–Trinajstić information content (AvgIpc) is 2.68. The topological polar surface area (TPSA) is 64.1 Å². The van der Waals surface area contributed by atoms with Crippen LogP contribution in [-0.4, -0.2) is 16.7 Å². The van der Waals surface area contributed by atoms with Crippen molar-refractivity contribution in [2.75, 3.05) is 7.11 Å². The van der Waals surface area contributed by atoms with Crippen LogP contribution in [-0.2, 0) is 0 Å². The van der Waals surface area contributed by atoms with E-state index in [0.717, 1.165) is 33.2 Å². The highest BCUT2D eigenvalue weighted by molar-refractivity contribution is 5.98. The molecule has 0 atom stereocenters. The molecule has 0 unspecified atom stereocenters. The highest BCUT2D eigenvalue weighted by atomic mass is 16.5. The Balaban J connectivity index is 2.02. The molecule has 3 aromatic carbocycles. The van der Waals surface area contributed by atoms with Crippen LogP contribution in [0, 0.1) is 13.8 Å². The first-order valence-corrected chi connectivity index (χ1v) is 8.98. The molecule has 28 heavy (non-hydrogen) atoms. The maximum atomic E-state index is 12.3. The molecule has 0 aliphatic heterocycles. The molecule has 0 bridgehead atoms. The van der Waals surface area contributed by atoms with Gasteiger partial charge in [-0.15, -0.1) is 0 Å². The van der Waals surface area contributed by atoms with Crippen LogP contribution in [0.15, 0.2) is 70.4 Å². The fourth-order valence-electron chi connectivity index (χ4n) is 3.52. The van der Waals surface area contributed by atoms with Crippen LogP contribution in [0.4, 0.5) is 0 Å². The summed E-state index contributed by atoms with van der Waals surface area (Å²) in [5.41, 5.74) is 4.10. The molecular formula is C23H20N2O3. The number of hydrogen-bond acceptors (Lipinski definition) is 3. The maximum absolute atomic E-state index is 12.3. The van der Waals surface area contributed by atoms with E-state index in [1.807, 2.05) is 25.1 Å². The molecule has 5 nitrogen and oxygen atoms in total. The van der Waals surface area contributed by atoms with Gasteiger partial charge in [0.25, 0.3) is 5.56 Å². The van der Waals surface area contributed by atoms with Crippen molar-refractivity contribution < 1.29 is 4.74 Å². The van der Waals surface area contributed by atoms with Crippen LogP contribution >= 0.6 is 0 Å². The summed E-state index contributed by atoms with van der Waals surface area (Å²) < 4.78 is 7.11. The molecule has 0 spiro atoms. The Morgan fingerprint density at radius 3 is 2.25 bits per heavy atom. The van der Waals surface area contributed by atoms with Crippen molar-refractivity contribution in [1.29, 1.82) is 0 Å². The number of methoxy groups -OCH3 is 1. The van der Waals surface area contributed by atoms with E-state index in [4.69, 9.17) is 4.74 Å². The summed E-state index contributed by atoms with van der Waals surface area (Å²) >= 11 is 0. The van der Waals surface area contributed by atoms with Gasteiger partial charge in [0.1, 0.15) is 5.75 Å². The first-order chi connectivity index (χ1) is 13.5. The van der Waals surface area contributed by atoms with Crippen LogP contribution in [0.5, 0.6) is 5.75 Å². The summed E-state index contributed by atoms with van der Waals surface area (Å²) in [6, 6.07) is 17.7. The second-order valence-electron chi connectivity index (χ2n) is 6.85. The Labute approximate surface area is 161 Å². The van der Waals surface area contributed by atoms with Gasteiger partial charge < -0.3 is 4.74 Å². The SMILES string of the molecule is COc1c(C)cc(-n2ccc(=O)[nH]c2=O)c2ccc(-c3ccc(C)cc3)cc12. The van der Waals surface area contributed by atoms with E-state index in [2.05, 4.69) is 42.2 Å². The fourth-order valence-corrected chi connectivity index (χ4v) is 3.52. The lowest BCUT2D eigenvalue weighted by Crippen LogP contribution is -2.27. The smallest absolute Gasteiger partial charge is 0.332 e. The van der Waals surface area contributed by atoms with E-state index in [0.29, 0.717) is 5.69 Å². The van der Waals surface area contributed by atoms with Crippen LogP contribution < -0.4 is 16.0 Å². The van der Waals surface area contributed by atoms with Gasteiger partial charge in [0.2, 0.25) is 0 Å². The lowest BCUT2D eigenvalue weighted by molar-refractivity contribution is 0.417. The van der Waals surface area contributed by atoms with E-state index >= 15 is 0 Å². The Bertz CT molecular complexity index is 1300. The number of aryl methyl sites for hydroxylation is 2. The average molecular weight is 372 g/mol. The van der Waals surface area contributed by atoms with Crippen LogP contribution in [0.3, 0.4) is 0 Å². The number of ether oxygens (including phenoxy) is 1. The molecule has 140 valence electrons. The third kappa shape index (κ3) is 3.01. The summed E-state index contributed by atoms with van der Waals surface area (Å²) in [6.07, 6.45) is 1.50. The summed E-state index contributed by atoms with van der Waals surface area (Å²) in [5.74, 6) is 0.769. The monoisotopic (exact) mass is 372 g/mol. The number of aromatic nitrogens is 2. The third-order valence-corrected chi connectivity index (χ3v) is 4.92. The van der Waals surface area contributed by atoms with Gasteiger partial charge in [-0.05, 0) is 42.7 Å². The Hall–Kier alpha value is -3.60. The van der Waals surface area contributed by atoms with E-state index in [1.54, 1.807) is 7.11 Å². The third-order valence-electron chi connectivity index (χ3n) is 4.92. The lowest BCUT2D eigenvalue weighted by atomic mass is 9.97. The van der Waals surface area contributed by atoms with Gasteiger partial charge in [-0.3, -0.25) is 14.3 Å². The van der Waals surface area contributed by atoms with Crippen molar-refractivity contribution in [1.82, 2.24) is 9.55 Å². The molecule has 0 radical (unpaired) electrons. The van der Waals surface area contributed by atoms with Gasteiger partial charge in [-0.2, -0.15) is 0 Å². The second-order valence-corrected chi connectivity index (χ2v) is 6.85. The number of aromatic amines is 1. The number of hydrogen-bond donors (Lipinski definition) is 1. The minimum atomic E-state index is -0.471. The normalized spacial score (nSPS) is 11.0. The summed E-state index contributed by atoms with van der Waals surface area (Å²) in [7, 11) is 1.65. The van der Waals surface area contributed by atoms with Gasteiger partial charge in [0.05, 0.1) is 12.8 Å². The number of rotatable bonds is 3. The molecule has 5 heteroatoms. The first-order valence-electron chi connectivity index (χ1n) is 8.98. The quantitative estimate of drug-likeness (QED) is 0.592. The maximum Gasteiger partial charge on any atom is 0.332 e. The highest BCUT2D eigenvalue weighted by Crippen LogP contribution is 2.36. The molecule has 0 saturated heterocycles. The molecule has 0 fully saturated rings. The van der Waals surface area contributed by atoms with Crippen molar-refractivity contribution >= 4 is 10.8 Å². The number of nitrogens with one attached hydrogen (secondary N) is 1. The molecule has 0 aliphatic rings. The van der Waals surface area contributed by atoms with Crippen molar-refractivity contribution in [3.05, 3.63) is 92.8 Å². The molecular weight excluding hydrogens is 352 g/mol. The second kappa shape index (κ2) is 6.85. The Morgan fingerprint density at radius 1 is 0.857 bits per heavy atom. The minimum Gasteiger partial charge on any atom is -0.496 e. The van der Waals surface area contributed by atoms with Crippen LogP contribution in [0.1, 0.15) is 11.1 Å². The highest BCUT2D eigenvalue weighted by Gasteiger charge is 2.14. The largest absolute Gasteiger partial charge is 0.496 e. The zero-order valence-corrected chi connectivity index (χ0v) is 15.9. The van der Waals surface area contributed by atoms with Crippen molar-refractivity contribution in [3.63, 3.8) is 0 Å². The van der Waals surface area contributed by atoms with Gasteiger partial charge >= 0.3 is 5.69 Å². The number of fused-ring (bicyclic) bond motifs is 1. The van der Waals surface area contributed by atoms with Gasteiger partial charge in [0, 0.05) is 23.0 Å². The van der Waals surface area contributed by atoms with Gasteiger partial charge in [0.15, 0.2) is 0 Å². The van der Waals surface area contributed by atoms with Gasteiger partial charge in [-0.1, -0.05) is 42.0 Å². The van der Waals surface area contributed by atoms with E-state index in [1.165, 1.54) is 22.4 Å². The zero-order chi connectivity index (χ0) is 19.8. The molecule has 1 heterocycles. The predicted molar refractivity (Wildman–Crippen MR) is 112 cm³/mol. The van der Waals surface area contributed by atoms with Crippen LogP contribution in [0.2, 0.25) is 0 Å². The molecule has 0 amide bonds. The standard InChI is InChI=1S/C23H20N2O3/c1-14-4-6-16(7-5-14)17-8-9-18-19(13-17)22(28-3)15(2)12-20(18)25-11-10-21(26)24-23(25)27/h4-13H,1-3H3,(H,24,26,27). The molecule has 4 aromatic rings. The van der Waals surface area contributed by atoms with E-state index in [9.17, 15) is 9.59 Å². The minimum absolute atomic E-state index is 0.419.